The second-order valence-corrected chi connectivity index (χ2v) is 6.41. The zero-order chi connectivity index (χ0) is 15.7. The molecule has 0 aliphatic carbocycles. The van der Waals surface area contributed by atoms with Crippen LogP contribution in [0.2, 0.25) is 0 Å². The number of anilines is 2. The van der Waals surface area contributed by atoms with Crippen molar-refractivity contribution in [1.29, 1.82) is 0 Å². The molecule has 0 bridgehead atoms. The van der Waals surface area contributed by atoms with E-state index < -0.39 is 5.82 Å². The van der Waals surface area contributed by atoms with Gasteiger partial charge in [-0.25, -0.2) is 9.37 Å². The van der Waals surface area contributed by atoms with Crippen molar-refractivity contribution in [2.24, 2.45) is 0 Å². The summed E-state index contributed by atoms with van der Waals surface area (Å²) < 4.78 is 14.7. The van der Waals surface area contributed by atoms with Crippen LogP contribution in [0.4, 0.5) is 15.1 Å². The van der Waals surface area contributed by atoms with Crippen molar-refractivity contribution in [3.63, 3.8) is 0 Å². The molecule has 22 heavy (non-hydrogen) atoms. The van der Waals surface area contributed by atoms with Gasteiger partial charge in [0, 0.05) is 23.1 Å². The highest BCUT2D eigenvalue weighted by molar-refractivity contribution is 9.10. The summed E-state index contributed by atoms with van der Waals surface area (Å²) in [6.07, 6.45) is 1.66. The highest BCUT2D eigenvalue weighted by Crippen LogP contribution is 2.37. The number of hydrogen-bond donors (Lipinski definition) is 2. The monoisotopic (exact) mass is 379 g/mol. The zero-order valence-electron chi connectivity index (χ0n) is 11.5. The Bertz CT molecular complexity index is 865. The zero-order valence-corrected chi connectivity index (χ0v) is 13.9. The predicted octanol–water partition coefficient (Wildman–Crippen LogP) is 4.30. The summed E-state index contributed by atoms with van der Waals surface area (Å²) in [7, 11) is 1.56. The number of hydrogen-bond acceptors (Lipinski definition) is 4. The SMILES string of the molecule is CNC(=O)c1c(Nc2ccc(Br)cc2F)sc2ncccc12. The highest BCUT2D eigenvalue weighted by atomic mass is 79.9. The molecule has 0 fully saturated rings. The van der Waals surface area contributed by atoms with Crippen LogP contribution in [0.5, 0.6) is 0 Å². The first-order valence-corrected chi connectivity index (χ1v) is 8.03. The lowest BCUT2D eigenvalue weighted by Gasteiger charge is -2.08. The van der Waals surface area contributed by atoms with Gasteiger partial charge in [-0.2, -0.15) is 0 Å². The Morgan fingerprint density at radius 3 is 2.91 bits per heavy atom. The van der Waals surface area contributed by atoms with Crippen molar-refractivity contribution < 1.29 is 9.18 Å². The largest absolute Gasteiger partial charge is 0.355 e. The standard InChI is InChI=1S/C15H11BrFN3OS/c1-18-13(21)12-9-3-2-6-19-14(9)22-15(12)20-11-5-4-8(16)7-10(11)17/h2-7,20H,1H3,(H,18,21). The van der Waals surface area contributed by atoms with Gasteiger partial charge in [-0.15, -0.1) is 0 Å². The molecule has 0 aliphatic rings. The smallest absolute Gasteiger partial charge is 0.254 e. The Hall–Kier alpha value is -1.99. The number of rotatable bonds is 3. The van der Waals surface area contributed by atoms with Gasteiger partial charge in [-0.1, -0.05) is 27.3 Å². The van der Waals surface area contributed by atoms with E-state index in [-0.39, 0.29) is 5.91 Å². The van der Waals surface area contributed by atoms with E-state index >= 15 is 0 Å². The normalized spacial score (nSPS) is 10.7. The van der Waals surface area contributed by atoms with Gasteiger partial charge in [-0.05, 0) is 30.3 Å². The summed E-state index contributed by atoms with van der Waals surface area (Å²) in [6, 6.07) is 8.31. The molecule has 7 heteroatoms. The van der Waals surface area contributed by atoms with Crippen molar-refractivity contribution in [1.82, 2.24) is 10.3 Å². The Morgan fingerprint density at radius 1 is 1.36 bits per heavy atom. The molecular weight excluding hydrogens is 369 g/mol. The van der Waals surface area contributed by atoms with E-state index in [1.165, 1.54) is 17.4 Å². The van der Waals surface area contributed by atoms with Crippen LogP contribution in [-0.2, 0) is 0 Å². The van der Waals surface area contributed by atoms with Gasteiger partial charge in [-0.3, -0.25) is 4.79 Å². The van der Waals surface area contributed by atoms with E-state index in [1.54, 1.807) is 31.4 Å². The Balaban J connectivity index is 2.11. The van der Waals surface area contributed by atoms with Gasteiger partial charge in [0.2, 0.25) is 0 Å². The van der Waals surface area contributed by atoms with Crippen molar-refractivity contribution in [3.05, 3.63) is 52.4 Å². The van der Waals surface area contributed by atoms with Crippen LogP contribution in [0.1, 0.15) is 10.4 Å². The molecular formula is C15H11BrFN3OS. The maximum Gasteiger partial charge on any atom is 0.254 e. The maximum absolute atomic E-state index is 14.0. The van der Waals surface area contributed by atoms with Gasteiger partial charge in [0.15, 0.2) is 0 Å². The third-order valence-corrected chi connectivity index (χ3v) is 4.62. The molecule has 1 amide bonds. The fourth-order valence-corrected chi connectivity index (χ4v) is 3.47. The third-order valence-electron chi connectivity index (χ3n) is 3.10. The predicted molar refractivity (Wildman–Crippen MR) is 90.4 cm³/mol. The van der Waals surface area contributed by atoms with E-state index in [9.17, 15) is 9.18 Å². The van der Waals surface area contributed by atoms with Crippen LogP contribution < -0.4 is 10.6 Å². The number of nitrogens with zero attached hydrogens (tertiary/aromatic N) is 1. The number of carbonyl (C=O) groups excluding carboxylic acids is 1. The van der Waals surface area contributed by atoms with Crippen molar-refractivity contribution >= 4 is 54.1 Å². The third kappa shape index (κ3) is 2.69. The molecule has 4 nitrogen and oxygen atoms in total. The van der Waals surface area contributed by atoms with E-state index in [2.05, 4.69) is 31.5 Å². The second kappa shape index (κ2) is 6.02. The summed E-state index contributed by atoms with van der Waals surface area (Å²) in [5, 5.41) is 6.91. The topological polar surface area (TPSA) is 54.0 Å². The van der Waals surface area contributed by atoms with Gasteiger partial charge >= 0.3 is 0 Å². The Morgan fingerprint density at radius 2 is 2.18 bits per heavy atom. The molecule has 0 aliphatic heterocycles. The van der Waals surface area contributed by atoms with Crippen molar-refractivity contribution in [2.75, 3.05) is 12.4 Å². The maximum atomic E-state index is 14.0. The number of carbonyl (C=O) groups is 1. The van der Waals surface area contributed by atoms with Crippen LogP contribution in [0.25, 0.3) is 10.2 Å². The summed E-state index contributed by atoms with van der Waals surface area (Å²) in [4.78, 5) is 17.1. The van der Waals surface area contributed by atoms with E-state index in [0.29, 0.717) is 20.7 Å². The number of nitrogens with one attached hydrogen (secondary N) is 2. The Labute approximate surface area is 138 Å². The lowest BCUT2D eigenvalue weighted by Crippen LogP contribution is -2.18. The number of pyridine rings is 1. The number of halogens is 2. The number of amides is 1. The average molecular weight is 380 g/mol. The van der Waals surface area contributed by atoms with Gasteiger partial charge in [0.1, 0.15) is 15.6 Å². The minimum Gasteiger partial charge on any atom is -0.355 e. The molecule has 0 saturated carbocycles. The number of benzene rings is 1. The molecule has 0 radical (unpaired) electrons. The number of fused-ring (bicyclic) bond motifs is 1. The Kier molecular flexibility index (Phi) is 4.08. The lowest BCUT2D eigenvalue weighted by atomic mass is 10.2. The molecule has 0 unspecified atom stereocenters. The molecule has 0 spiro atoms. The average Bonchev–Trinajstić information content (AvgIpc) is 2.87. The molecule has 2 N–H and O–H groups in total. The van der Waals surface area contributed by atoms with Crippen LogP contribution in [0, 0.1) is 5.82 Å². The summed E-state index contributed by atoms with van der Waals surface area (Å²) in [5.41, 5.74) is 0.776. The minimum atomic E-state index is -0.400. The van der Waals surface area contributed by atoms with Gasteiger partial charge < -0.3 is 10.6 Å². The highest BCUT2D eigenvalue weighted by Gasteiger charge is 2.19. The van der Waals surface area contributed by atoms with E-state index in [4.69, 9.17) is 0 Å². The van der Waals surface area contributed by atoms with E-state index in [0.717, 1.165) is 10.2 Å². The van der Waals surface area contributed by atoms with E-state index in [1.807, 2.05) is 6.07 Å². The second-order valence-electron chi connectivity index (χ2n) is 4.49. The number of aromatic nitrogens is 1. The molecule has 3 aromatic rings. The van der Waals surface area contributed by atoms with Crippen LogP contribution in [0.3, 0.4) is 0 Å². The molecule has 112 valence electrons. The van der Waals surface area contributed by atoms with Crippen LogP contribution in [0.15, 0.2) is 41.0 Å². The molecule has 2 aromatic heterocycles. The summed E-state index contributed by atoms with van der Waals surface area (Å²) in [5.74, 6) is -0.637. The fraction of sp³-hybridized carbons (Fsp3) is 0.0667. The number of thiophene rings is 1. The first kappa shape index (κ1) is 14.9. The van der Waals surface area contributed by atoms with Gasteiger partial charge in [0.25, 0.3) is 5.91 Å². The quantitative estimate of drug-likeness (QED) is 0.713. The molecule has 0 atom stereocenters. The minimum absolute atomic E-state index is 0.237. The van der Waals surface area contributed by atoms with Crippen molar-refractivity contribution in [3.8, 4) is 0 Å². The lowest BCUT2D eigenvalue weighted by molar-refractivity contribution is 0.0966. The van der Waals surface area contributed by atoms with Gasteiger partial charge in [0.05, 0.1) is 11.3 Å². The first-order chi connectivity index (χ1) is 10.6. The summed E-state index contributed by atoms with van der Waals surface area (Å²) >= 11 is 4.53. The van der Waals surface area contributed by atoms with Crippen molar-refractivity contribution in [2.45, 2.75) is 0 Å². The fourth-order valence-electron chi connectivity index (χ4n) is 2.08. The molecule has 0 saturated heterocycles. The molecule has 3 rings (SSSR count). The van der Waals surface area contributed by atoms with Crippen LogP contribution in [-0.4, -0.2) is 17.9 Å². The summed E-state index contributed by atoms with van der Waals surface area (Å²) in [6.45, 7) is 0. The molecule has 1 aromatic carbocycles. The van der Waals surface area contributed by atoms with Crippen LogP contribution >= 0.6 is 27.3 Å². The molecule has 2 heterocycles. The first-order valence-electron chi connectivity index (χ1n) is 6.42.